The van der Waals surface area contributed by atoms with E-state index in [4.69, 9.17) is 16.0 Å². The van der Waals surface area contributed by atoms with Crippen LogP contribution in [0.2, 0.25) is 5.02 Å². The Hall–Kier alpha value is -1.85. The number of halogens is 1. The molecule has 22 heavy (non-hydrogen) atoms. The smallest absolute Gasteiger partial charge is 0.349 e. The van der Waals surface area contributed by atoms with Gasteiger partial charge in [0.1, 0.15) is 11.1 Å². The van der Waals surface area contributed by atoms with E-state index in [2.05, 4.69) is 4.90 Å². The highest BCUT2D eigenvalue weighted by Gasteiger charge is 2.22. The molecular formula is C16H17ClN2O3. The number of fused-ring (bicyclic) bond motifs is 1. The summed E-state index contributed by atoms with van der Waals surface area (Å²) >= 11 is 5.96. The lowest BCUT2D eigenvalue weighted by Gasteiger charge is -2.20. The highest BCUT2D eigenvalue weighted by atomic mass is 35.5. The average Bonchev–Trinajstić information content (AvgIpc) is 2.71. The molecule has 0 saturated carbocycles. The van der Waals surface area contributed by atoms with E-state index in [1.165, 1.54) is 0 Å². The maximum Gasteiger partial charge on any atom is 0.349 e. The molecule has 0 bridgehead atoms. The van der Waals surface area contributed by atoms with Crippen LogP contribution in [0.4, 0.5) is 0 Å². The van der Waals surface area contributed by atoms with E-state index in [0.717, 1.165) is 19.5 Å². The normalized spacial score (nSPS) is 16.7. The van der Waals surface area contributed by atoms with Gasteiger partial charge in [0.05, 0.1) is 0 Å². The van der Waals surface area contributed by atoms with Gasteiger partial charge in [-0.15, -0.1) is 0 Å². The van der Waals surface area contributed by atoms with Gasteiger partial charge in [-0.1, -0.05) is 11.6 Å². The van der Waals surface area contributed by atoms with E-state index in [0.29, 0.717) is 29.1 Å². The molecule has 6 heteroatoms. The third kappa shape index (κ3) is 3.00. The summed E-state index contributed by atoms with van der Waals surface area (Å²) in [4.78, 5) is 28.6. The second kappa shape index (κ2) is 6.10. The van der Waals surface area contributed by atoms with Crippen molar-refractivity contribution in [1.82, 2.24) is 9.80 Å². The zero-order chi connectivity index (χ0) is 15.7. The third-order valence-electron chi connectivity index (χ3n) is 3.93. The van der Waals surface area contributed by atoms with Gasteiger partial charge in [0.25, 0.3) is 5.91 Å². The van der Waals surface area contributed by atoms with E-state index < -0.39 is 5.63 Å². The lowest BCUT2D eigenvalue weighted by Crippen LogP contribution is -2.36. The number of carbonyl (C=O) groups is 1. The molecule has 1 saturated heterocycles. The van der Waals surface area contributed by atoms with Gasteiger partial charge in [-0.25, -0.2) is 4.79 Å². The first kappa shape index (κ1) is 15.1. The minimum Gasteiger partial charge on any atom is -0.422 e. The van der Waals surface area contributed by atoms with Crippen LogP contribution in [0, 0.1) is 0 Å². The van der Waals surface area contributed by atoms with Gasteiger partial charge in [0.2, 0.25) is 0 Å². The highest BCUT2D eigenvalue weighted by molar-refractivity contribution is 6.31. The second-order valence-electron chi connectivity index (χ2n) is 5.58. The second-order valence-corrected chi connectivity index (χ2v) is 6.02. The van der Waals surface area contributed by atoms with Crippen molar-refractivity contribution in [2.45, 2.75) is 6.42 Å². The molecule has 1 aliphatic rings. The number of nitrogens with zero attached hydrogens (tertiary/aromatic N) is 2. The van der Waals surface area contributed by atoms with Gasteiger partial charge in [-0.3, -0.25) is 4.79 Å². The molecule has 2 heterocycles. The van der Waals surface area contributed by atoms with Crippen molar-refractivity contribution >= 4 is 28.5 Å². The largest absolute Gasteiger partial charge is 0.422 e. The van der Waals surface area contributed by atoms with Gasteiger partial charge in [-0.2, -0.15) is 0 Å². The van der Waals surface area contributed by atoms with E-state index >= 15 is 0 Å². The van der Waals surface area contributed by atoms with Gasteiger partial charge >= 0.3 is 5.63 Å². The van der Waals surface area contributed by atoms with Crippen LogP contribution in [-0.2, 0) is 0 Å². The SMILES string of the molecule is CN1CCCN(C(=O)c2cc3cc(Cl)ccc3oc2=O)CC1. The number of likely N-dealkylation sites (N-methyl/N-ethyl adjacent to an activating group) is 1. The Morgan fingerprint density at radius 2 is 2.00 bits per heavy atom. The molecule has 2 aromatic rings. The van der Waals surface area contributed by atoms with Crippen molar-refractivity contribution in [3.05, 3.63) is 45.3 Å². The summed E-state index contributed by atoms with van der Waals surface area (Å²) in [6.45, 7) is 3.01. The number of hydrogen-bond donors (Lipinski definition) is 0. The molecule has 3 rings (SSSR count). The van der Waals surface area contributed by atoms with Crippen LogP contribution >= 0.6 is 11.6 Å². The van der Waals surface area contributed by atoms with Gasteiger partial charge < -0.3 is 14.2 Å². The van der Waals surface area contributed by atoms with Gasteiger partial charge in [-0.05, 0) is 44.3 Å². The fourth-order valence-electron chi connectivity index (χ4n) is 2.66. The van der Waals surface area contributed by atoms with E-state index in [9.17, 15) is 9.59 Å². The Balaban J connectivity index is 1.96. The summed E-state index contributed by atoms with van der Waals surface area (Å²) in [5.41, 5.74) is -0.0988. The topological polar surface area (TPSA) is 53.8 Å². The molecule has 116 valence electrons. The molecule has 0 aliphatic carbocycles. The van der Waals surface area contributed by atoms with Crippen LogP contribution < -0.4 is 5.63 Å². The fourth-order valence-corrected chi connectivity index (χ4v) is 2.84. The summed E-state index contributed by atoms with van der Waals surface area (Å²) in [5.74, 6) is -0.272. The standard InChI is InChI=1S/C16H17ClN2O3/c1-18-5-2-6-19(8-7-18)15(20)13-10-11-9-12(17)3-4-14(11)22-16(13)21/h3-4,9-10H,2,5-8H2,1H3. The molecule has 0 atom stereocenters. The third-order valence-corrected chi connectivity index (χ3v) is 4.17. The van der Waals surface area contributed by atoms with Crippen molar-refractivity contribution in [3.8, 4) is 0 Å². The maximum atomic E-state index is 12.6. The van der Waals surface area contributed by atoms with E-state index in [1.807, 2.05) is 7.05 Å². The Morgan fingerprint density at radius 1 is 1.18 bits per heavy atom. The quantitative estimate of drug-likeness (QED) is 0.756. The van der Waals surface area contributed by atoms with Crippen LogP contribution in [0.3, 0.4) is 0 Å². The first-order chi connectivity index (χ1) is 10.5. The average molecular weight is 321 g/mol. The van der Waals surface area contributed by atoms with E-state index in [1.54, 1.807) is 29.2 Å². The van der Waals surface area contributed by atoms with Crippen molar-refractivity contribution < 1.29 is 9.21 Å². The first-order valence-electron chi connectivity index (χ1n) is 7.26. The lowest BCUT2D eigenvalue weighted by molar-refractivity contribution is 0.0759. The monoisotopic (exact) mass is 320 g/mol. The summed E-state index contributed by atoms with van der Waals surface area (Å²) < 4.78 is 5.24. The molecule has 0 unspecified atom stereocenters. The van der Waals surface area contributed by atoms with Crippen molar-refractivity contribution in [2.75, 3.05) is 33.2 Å². The molecule has 5 nitrogen and oxygen atoms in total. The molecule has 1 fully saturated rings. The molecule has 0 spiro atoms. The molecule has 1 aliphatic heterocycles. The molecule has 1 amide bonds. The lowest BCUT2D eigenvalue weighted by atomic mass is 10.1. The molecular weight excluding hydrogens is 304 g/mol. The molecule has 0 N–H and O–H groups in total. The minimum absolute atomic E-state index is 0.0688. The summed E-state index contributed by atoms with van der Waals surface area (Å²) in [5, 5.41) is 1.19. The predicted molar refractivity (Wildman–Crippen MR) is 85.5 cm³/mol. The molecule has 1 aromatic heterocycles. The van der Waals surface area contributed by atoms with Crippen LogP contribution in [0.5, 0.6) is 0 Å². The summed E-state index contributed by atoms with van der Waals surface area (Å²) in [6.07, 6.45) is 0.896. The Bertz CT molecular complexity index is 772. The van der Waals surface area contributed by atoms with Crippen LogP contribution in [-0.4, -0.2) is 48.9 Å². The number of hydrogen-bond acceptors (Lipinski definition) is 4. The predicted octanol–water partition coefficient (Wildman–Crippen LogP) is 2.22. The van der Waals surface area contributed by atoms with Gasteiger partial charge in [0, 0.05) is 30.0 Å². The summed E-state index contributed by atoms with van der Waals surface area (Å²) in [6, 6.07) is 6.55. The zero-order valence-corrected chi connectivity index (χ0v) is 13.1. The van der Waals surface area contributed by atoms with Crippen LogP contribution in [0.15, 0.2) is 33.5 Å². The Labute approximate surface area is 133 Å². The Morgan fingerprint density at radius 3 is 2.82 bits per heavy atom. The van der Waals surface area contributed by atoms with Crippen LogP contribution in [0.25, 0.3) is 11.0 Å². The van der Waals surface area contributed by atoms with E-state index in [-0.39, 0.29) is 11.5 Å². The minimum atomic E-state index is -0.600. The highest BCUT2D eigenvalue weighted by Crippen LogP contribution is 2.19. The molecule has 1 aromatic carbocycles. The number of benzene rings is 1. The number of amides is 1. The van der Waals surface area contributed by atoms with Crippen molar-refractivity contribution in [2.24, 2.45) is 0 Å². The van der Waals surface area contributed by atoms with Crippen LogP contribution in [0.1, 0.15) is 16.8 Å². The number of rotatable bonds is 1. The first-order valence-corrected chi connectivity index (χ1v) is 7.63. The van der Waals surface area contributed by atoms with Crippen molar-refractivity contribution in [3.63, 3.8) is 0 Å². The summed E-state index contributed by atoms with van der Waals surface area (Å²) in [7, 11) is 2.03. The van der Waals surface area contributed by atoms with Gasteiger partial charge in [0.15, 0.2) is 0 Å². The van der Waals surface area contributed by atoms with Crippen molar-refractivity contribution in [1.29, 1.82) is 0 Å². The maximum absolute atomic E-state index is 12.6. The fraction of sp³-hybridized carbons (Fsp3) is 0.375. The Kier molecular flexibility index (Phi) is 4.18. The number of carbonyl (C=O) groups excluding carboxylic acids is 1. The zero-order valence-electron chi connectivity index (χ0n) is 12.3. The molecule has 0 radical (unpaired) electrons.